The zero-order chi connectivity index (χ0) is 22.7. The SMILES string of the molecule is CCOC(=O)CN1C(=S)NC(c2ccccn2)C1c1cccn1-c1ccc(N(C)C)cc1. The van der Waals surface area contributed by atoms with Gasteiger partial charge in [-0.05, 0) is 67.7 Å². The van der Waals surface area contributed by atoms with E-state index in [0.29, 0.717) is 11.7 Å². The van der Waals surface area contributed by atoms with Gasteiger partial charge in [0.25, 0.3) is 0 Å². The van der Waals surface area contributed by atoms with Crippen molar-refractivity contribution in [1.82, 2.24) is 19.8 Å². The normalized spacial score (nSPS) is 17.8. The summed E-state index contributed by atoms with van der Waals surface area (Å²) in [6.07, 6.45) is 3.80. The van der Waals surface area contributed by atoms with Crippen LogP contribution in [-0.2, 0) is 9.53 Å². The molecule has 0 amide bonds. The summed E-state index contributed by atoms with van der Waals surface area (Å²) in [6.45, 7) is 2.20. The minimum atomic E-state index is -0.309. The molecule has 32 heavy (non-hydrogen) atoms. The van der Waals surface area contributed by atoms with Crippen molar-refractivity contribution in [3.63, 3.8) is 0 Å². The van der Waals surface area contributed by atoms with Crippen LogP contribution >= 0.6 is 12.2 Å². The first-order chi connectivity index (χ1) is 15.5. The number of ether oxygens (including phenoxy) is 1. The van der Waals surface area contributed by atoms with Crippen molar-refractivity contribution >= 4 is 29.0 Å². The molecule has 166 valence electrons. The van der Waals surface area contributed by atoms with Crippen LogP contribution in [0.5, 0.6) is 0 Å². The van der Waals surface area contributed by atoms with Crippen molar-refractivity contribution in [1.29, 1.82) is 0 Å². The number of pyridine rings is 1. The van der Waals surface area contributed by atoms with E-state index in [1.165, 1.54) is 0 Å². The monoisotopic (exact) mass is 449 g/mol. The second-order valence-corrected chi connectivity index (χ2v) is 8.16. The van der Waals surface area contributed by atoms with Gasteiger partial charge in [-0.1, -0.05) is 6.07 Å². The lowest BCUT2D eigenvalue weighted by molar-refractivity contribution is -0.143. The highest BCUT2D eigenvalue weighted by molar-refractivity contribution is 7.80. The Kier molecular flexibility index (Phi) is 6.41. The Hall–Kier alpha value is -3.39. The van der Waals surface area contributed by atoms with E-state index >= 15 is 0 Å². The van der Waals surface area contributed by atoms with Gasteiger partial charge in [-0.15, -0.1) is 0 Å². The topological polar surface area (TPSA) is 62.6 Å². The van der Waals surface area contributed by atoms with Crippen molar-refractivity contribution in [2.24, 2.45) is 0 Å². The van der Waals surface area contributed by atoms with Gasteiger partial charge in [-0.25, -0.2) is 0 Å². The number of thiocarbonyl (C=S) groups is 1. The fourth-order valence-electron chi connectivity index (χ4n) is 4.02. The van der Waals surface area contributed by atoms with Gasteiger partial charge in [0.2, 0.25) is 0 Å². The molecule has 0 radical (unpaired) electrons. The molecule has 4 rings (SSSR count). The Morgan fingerprint density at radius 1 is 1.16 bits per heavy atom. The number of nitrogens with zero attached hydrogens (tertiary/aromatic N) is 4. The molecule has 2 unspecified atom stereocenters. The number of nitrogens with one attached hydrogen (secondary N) is 1. The van der Waals surface area contributed by atoms with Gasteiger partial charge in [0.1, 0.15) is 6.54 Å². The van der Waals surface area contributed by atoms with Crippen molar-refractivity contribution in [2.45, 2.75) is 19.0 Å². The number of anilines is 1. The lowest BCUT2D eigenvalue weighted by Crippen LogP contribution is -2.36. The fraction of sp³-hybridized carbons (Fsp3) is 0.292. The van der Waals surface area contributed by atoms with Gasteiger partial charge in [0.15, 0.2) is 5.11 Å². The zero-order valence-corrected chi connectivity index (χ0v) is 19.2. The molecule has 0 saturated carbocycles. The Bertz CT molecular complexity index is 1080. The quantitative estimate of drug-likeness (QED) is 0.438. The van der Waals surface area contributed by atoms with Gasteiger partial charge in [-0.3, -0.25) is 9.78 Å². The van der Waals surface area contributed by atoms with Crippen molar-refractivity contribution in [2.75, 3.05) is 32.1 Å². The average Bonchev–Trinajstić information content (AvgIpc) is 3.39. The lowest BCUT2D eigenvalue weighted by atomic mass is 10.0. The maximum absolute atomic E-state index is 12.4. The summed E-state index contributed by atoms with van der Waals surface area (Å²) in [5, 5.41) is 3.88. The first-order valence-electron chi connectivity index (χ1n) is 10.6. The number of esters is 1. The molecule has 0 aliphatic carbocycles. The van der Waals surface area contributed by atoms with Gasteiger partial charge >= 0.3 is 5.97 Å². The van der Waals surface area contributed by atoms with E-state index in [1.807, 2.05) is 49.5 Å². The highest BCUT2D eigenvalue weighted by Gasteiger charge is 2.42. The highest BCUT2D eigenvalue weighted by atomic mass is 32.1. The molecule has 2 aromatic heterocycles. The third kappa shape index (κ3) is 4.31. The molecule has 1 aromatic carbocycles. The van der Waals surface area contributed by atoms with Crippen LogP contribution in [0.1, 0.15) is 30.4 Å². The number of aromatic nitrogens is 2. The minimum absolute atomic E-state index is 0.0679. The third-order valence-corrected chi connectivity index (χ3v) is 5.88. The number of carbonyl (C=O) groups excluding carboxylic acids is 1. The predicted molar refractivity (Wildman–Crippen MR) is 129 cm³/mol. The van der Waals surface area contributed by atoms with Crippen LogP contribution in [-0.4, -0.2) is 52.8 Å². The summed E-state index contributed by atoms with van der Waals surface area (Å²) >= 11 is 5.64. The molecule has 1 aliphatic heterocycles. The van der Waals surface area contributed by atoms with Crippen LogP contribution in [0.4, 0.5) is 5.69 Å². The third-order valence-electron chi connectivity index (χ3n) is 5.53. The van der Waals surface area contributed by atoms with Crippen LogP contribution in [0, 0.1) is 0 Å². The highest BCUT2D eigenvalue weighted by Crippen LogP contribution is 2.39. The molecule has 2 atom stereocenters. The number of hydrogen-bond donors (Lipinski definition) is 1. The van der Waals surface area contributed by atoms with Gasteiger partial charge < -0.3 is 24.4 Å². The Labute approximate surface area is 193 Å². The van der Waals surface area contributed by atoms with E-state index in [0.717, 1.165) is 22.8 Å². The van der Waals surface area contributed by atoms with E-state index in [-0.39, 0.29) is 24.6 Å². The van der Waals surface area contributed by atoms with E-state index in [2.05, 4.69) is 50.1 Å². The number of carbonyl (C=O) groups is 1. The zero-order valence-electron chi connectivity index (χ0n) is 18.4. The van der Waals surface area contributed by atoms with Gasteiger partial charge in [0.05, 0.1) is 24.4 Å². The van der Waals surface area contributed by atoms with Crippen LogP contribution < -0.4 is 10.2 Å². The van der Waals surface area contributed by atoms with Gasteiger partial charge in [0, 0.05) is 43.6 Å². The second-order valence-electron chi connectivity index (χ2n) is 7.77. The van der Waals surface area contributed by atoms with Gasteiger partial charge in [-0.2, -0.15) is 0 Å². The van der Waals surface area contributed by atoms with Crippen LogP contribution in [0.2, 0.25) is 0 Å². The summed E-state index contributed by atoms with van der Waals surface area (Å²) in [7, 11) is 4.04. The van der Waals surface area contributed by atoms with Crippen molar-refractivity contribution in [3.8, 4) is 5.69 Å². The molecular weight excluding hydrogens is 422 g/mol. The molecule has 0 bridgehead atoms. The standard InChI is InChI=1S/C24H27N5O2S/c1-4-31-21(30)16-29-23(22(26-24(29)32)19-8-5-6-14-25-19)20-9-7-15-28(20)18-12-10-17(11-13-18)27(2)3/h5-15,22-23H,4,16H2,1-3H3,(H,26,32). The van der Waals surface area contributed by atoms with Crippen molar-refractivity contribution < 1.29 is 9.53 Å². The first kappa shape index (κ1) is 21.8. The largest absolute Gasteiger partial charge is 0.465 e. The number of rotatable bonds is 7. The predicted octanol–water partition coefficient (Wildman–Crippen LogP) is 3.47. The summed E-state index contributed by atoms with van der Waals surface area (Å²) in [4.78, 5) is 20.9. The Morgan fingerprint density at radius 3 is 2.59 bits per heavy atom. The summed E-state index contributed by atoms with van der Waals surface area (Å²) in [5.41, 5.74) is 4.03. The minimum Gasteiger partial charge on any atom is -0.465 e. The van der Waals surface area contributed by atoms with Crippen LogP contribution in [0.3, 0.4) is 0 Å². The maximum Gasteiger partial charge on any atom is 0.325 e. The number of hydrogen-bond acceptors (Lipinski definition) is 5. The summed E-state index contributed by atoms with van der Waals surface area (Å²) < 4.78 is 7.35. The van der Waals surface area contributed by atoms with E-state index < -0.39 is 0 Å². The first-order valence-corrected chi connectivity index (χ1v) is 11.0. The average molecular weight is 450 g/mol. The molecule has 1 N–H and O–H groups in total. The van der Waals surface area contributed by atoms with E-state index in [1.54, 1.807) is 13.1 Å². The molecule has 0 spiro atoms. The van der Waals surface area contributed by atoms with E-state index in [4.69, 9.17) is 17.0 Å². The lowest BCUT2D eigenvalue weighted by Gasteiger charge is -2.28. The fourth-order valence-corrected chi connectivity index (χ4v) is 4.33. The Balaban J connectivity index is 1.75. The second kappa shape index (κ2) is 9.40. The van der Waals surface area contributed by atoms with Crippen LogP contribution in [0.15, 0.2) is 67.0 Å². The molecule has 3 heterocycles. The smallest absolute Gasteiger partial charge is 0.325 e. The molecule has 3 aromatic rings. The molecule has 1 aliphatic rings. The Morgan fingerprint density at radius 2 is 1.94 bits per heavy atom. The molecule has 7 nitrogen and oxygen atoms in total. The van der Waals surface area contributed by atoms with Crippen LogP contribution in [0.25, 0.3) is 5.69 Å². The molecule has 1 fully saturated rings. The molecule has 1 saturated heterocycles. The van der Waals surface area contributed by atoms with Crippen molar-refractivity contribution in [3.05, 3.63) is 78.4 Å². The summed E-state index contributed by atoms with van der Waals surface area (Å²) in [5.74, 6) is -0.309. The van der Waals surface area contributed by atoms with E-state index in [9.17, 15) is 4.79 Å². The molecular formula is C24H27N5O2S. The maximum atomic E-state index is 12.4. The molecule has 8 heteroatoms. The summed E-state index contributed by atoms with van der Waals surface area (Å²) in [6, 6.07) is 17.8. The number of benzene rings is 1.